The van der Waals surface area contributed by atoms with Gasteiger partial charge in [-0.15, -0.1) is 0 Å². The molecule has 3 aliphatic rings. The van der Waals surface area contributed by atoms with E-state index in [1.807, 2.05) is 25.7 Å². The standard InChI is InChI=1S/C31H44N4O2/c1-31(2,3)37-30(36)35-17-14-27(23-35)33-18-20-34(21-19-33)29-15-16-32(22-25-10-6-4-7-11-25)24-28(29)26-12-8-5-9-13-26/h4-13,27-29H,14-24H2,1-3H3. The average molecular weight is 505 g/mol. The van der Waals surface area contributed by atoms with Crippen molar-refractivity contribution in [3.8, 4) is 0 Å². The number of likely N-dealkylation sites (tertiary alicyclic amines) is 2. The third-order valence-corrected chi connectivity index (χ3v) is 8.29. The summed E-state index contributed by atoms with van der Waals surface area (Å²) in [6, 6.07) is 23.1. The van der Waals surface area contributed by atoms with Gasteiger partial charge in [0.25, 0.3) is 0 Å². The van der Waals surface area contributed by atoms with Crippen molar-refractivity contribution in [2.75, 3.05) is 52.4 Å². The smallest absolute Gasteiger partial charge is 0.410 e. The summed E-state index contributed by atoms with van der Waals surface area (Å²) >= 11 is 0. The maximum atomic E-state index is 12.5. The van der Waals surface area contributed by atoms with E-state index in [9.17, 15) is 4.79 Å². The van der Waals surface area contributed by atoms with Crippen LogP contribution >= 0.6 is 0 Å². The number of hydrogen-bond donors (Lipinski definition) is 0. The Labute approximate surface area is 223 Å². The summed E-state index contributed by atoms with van der Waals surface area (Å²) in [5.41, 5.74) is 2.43. The minimum absolute atomic E-state index is 0.165. The Bertz CT molecular complexity index is 1000. The molecule has 3 unspecified atom stereocenters. The van der Waals surface area contributed by atoms with E-state index in [4.69, 9.17) is 4.74 Å². The molecule has 0 saturated carbocycles. The van der Waals surface area contributed by atoms with Crippen molar-refractivity contribution in [1.29, 1.82) is 0 Å². The number of carbonyl (C=O) groups excluding carboxylic acids is 1. The predicted molar refractivity (Wildman–Crippen MR) is 149 cm³/mol. The second-order valence-corrected chi connectivity index (χ2v) is 12.0. The van der Waals surface area contributed by atoms with Crippen LogP contribution in [0.2, 0.25) is 0 Å². The summed E-state index contributed by atoms with van der Waals surface area (Å²) in [7, 11) is 0. The number of nitrogens with zero attached hydrogens (tertiary/aromatic N) is 4. The van der Waals surface area contributed by atoms with E-state index in [-0.39, 0.29) is 6.09 Å². The molecule has 0 aliphatic carbocycles. The molecule has 3 aliphatic heterocycles. The molecular formula is C31H44N4O2. The fraction of sp³-hybridized carbons (Fsp3) is 0.581. The third kappa shape index (κ3) is 6.73. The number of hydrogen-bond acceptors (Lipinski definition) is 5. The Morgan fingerprint density at radius 1 is 0.811 bits per heavy atom. The number of ether oxygens (including phenoxy) is 1. The number of piperidine rings is 1. The van der Waals surface area contributed by atoms with Crippen LogP contribution in [0.4, 0.5) is 4.79 Å². The van der Waals surface area contributed by atoms with Gasteiger partial charge in [0, 0.05) is 76.9 Å². The largest absolute Gasteiger partial charge is 0.444 e. The topological polar surface area (TPSA) is 39.3 Å². The molecule has 0 radical (unpaired) electrons. The van der Waals surface area contributed by atoms with E-state index in [1.165, 1.54) is 17.5 Å². The van der Waals surface area contributed by atoms with Gasteiger partial charge in [-0.3, -0.25) is 14.7 Å². The predicted octanol–water partition coefficient (Wildman–Crippen LogP) is 4.67. The molecule has 2 aromatic carbocycles. The highest BCUT2D eigenvalue weighted by atomic mass is 16.6. The van der Waals surface area contributed by atoms with Crippen molar-refractivity contribution in [2.24, 2.45) is 0 Å². The Morgan fingerprint density at radius 3 is 2.14 bits per heavy atom. The summed E-state index contributed by atoms with van der Waals surface area (Å²) in [5, 5.41) is 0. The lowest BCUT2D eigenvalue weighted by Crippen LogP contribution is -2.57. The first kappa shape index (κ1) is 26.2. The molecule has 200 valence electrons. The lowest BCUT2D eigenvalue weighted by Gasteiger charge is -2.47. The van der Waals surface area contributed by atoms with E-state index in [1.54, 1.807) is 0 Å². The Balaban J connectivity index is 1.18. The fourth-order valence-corrected chi connectivity index (χ4v) is 6.42. The van der Waals surface area contributed by atoms with Crippen molar-refractivity contribution >= 4 is 6.09 Å². The number of benzene rings is 2. The molecule has 3 heterocycles. The first-order chi connectivity index (χ1) is 17.9. The maximum absolute atomic E-state index is 12.5. The monoisotopic (exact) mass is 504 g/mol. The van der Waals surface area contributed by atoms with Crippen LogP contribution in [0.15, 0.2) is 60.7 Å². The van der Waals surface area contributed by atoms with Crippen LogP contribution in [0, 0.1) is 0 Å². The quantitative estimate of drug-likeness (QED) is 0.592. The Hall–Kier alpha value is -2.41. The fourth-order valence-electron chi connectivity index (χ4n) is 6.42. The zero-order valence-electron chi connectivity index (χ0n) is 22.9. The van der Waals surface area contributed by atoms with E-state index in [0.717, 1.165) is 65.3 Å². The molecule has 0 spiro atoms. The average Bonchev–Trinajstić information content (AvgIpc) is 3.40. The van der Waals surface area contributed by atoms with Gasteiger partial charge in [-0.1, -0.05) is 60.7 Å². The van der Waals surface area contributed by atoms with Gasteiger partial charge in [0.05, 0.1) is 0 Å². The molecular weight excluding hydrogens is 460 g/mol. The number of amides is 1. The highest BCUT2D eigenvalue weighted by Gasteiger charge is 2.38. The van der Waals surface area contributed by atoms with Gasteiger partial charge < -0.3 is 9.64 Å². The van der Waals surface area contributed by atoms with E-state index < -0.39 is 5.60 Å². The van der Waals surface area contributed by atoms with Crippen molar-refractivity contribution in [1.82, 2.24) is 19.6 Å². The first-order valence-corrected chi connectivity index (χ1v) is 14.1. The molecule has 3 saturated heterocycles. The van der Waals surface area contributed by atoms with Crippen molar-refractivity contribution in [2.45, 2.75) is 63.8 Å². The minimum Gasteiger partial charge on any atom is -0.444 e. The Morgan fingerprint density at radius 2 is 1.46 bits per heavy atom. The first-order valence-electron chi connectivity index (χ1n) is 14.1. The molecule has 5 rings (SSSR count). The van der Waals surface area contributed by atoms with Gasteiger partial charge in [0.2, 0.25) is 0 Å². The minimum atomic E-state index is -0.438. The molecule has 1 amide bonds. The van der Waals surface area contributed by atoms with Gasteiger partial charge in [-0.2, -0.15) is 0 Å². The van der Waals surface area contributed by atoms with Gasteiger partial charge in [0.1, 0.15) is 5.60 Å². The molecule has 0 aromatic heterocycles. The lowest BCUT2D eigenvalue weighted by atomic mass is 9.84. The van der Waals surface area contributed by atoms with Gasteiger partial charge in [0.15, 0.2) is 0 Å². The van der Waals surface area contributed by atoms with Gasteiger partial charge in [-0.25, -0.2) is 4.79 Å². The highest BCUT2D eigenvalue weighted by molar-refractivity contribution is 5.68. The van der Waals surface area contributed by atoms with E-state index in [0.29, 0.717) is 18.0 Å². The van der Waals surface area contributed by atoms with Crippen molar-refractivity contribution in [3.63, 3.8) is 0 Å². The maximum Gasteiger partial charge on any atom is 0.410 e. The van der Waals surface area contributed by atoms with Crippen LogP contribution in [0.1, 0.15) is 50.7 Å². The number of rotatable bonds is 5. The molecule has 3 fully saturated rings. The highest BCUT2D eigenvalue weighted by Crippen LogP contribution is 2.33. The van der Waals surface area contributed by atoms with Crippen LogP contribution in [-0.2, 0) is 11.3 Å². The Kier molecular flexibility index (Phi) is 8.18. The van der Waals surface area contributed by atoms with E-state index in [2.05, 4.69) is 75.4 Å². The summed E-state index contributed by atoms with van der Waals surface area (Å²) < 4.78 is 5.61. The molecule has 6 nitrogen and oxygen atoms in total. The molecule has 37 heavy (non-hydrogen) atoms. The second-order valence-electron chi connectivity index (χ2n) is 12.0. The third-order valence-electron chi connectivity index (χ3n) is 8.29. The SMILES string of the molecule is CC(C)(C)OC(=O)N1CCC(N2CCN(C3CCN(Cc4ccccc4)CC3c3ccccc3)CC2)C1. The van der Waals surface area contributed by atoms with Crippen LogP contribution < -0.4 is 0 Å². The zero-order valence-corrected chi connectivity index (χ0v) is 22.9. The van der Waals surface area contributed by atoms with Gasteiger partial charge in [-0.05, 0) is 44.7 Å². The van der Waals surface area contributed by atoms with Crippen LogP contribution in [0.25, 0.3) is 0 Å². The van der Waals surface area contributed by atoms with Gasteiger partial charge >= 0.3 is 6.09 Å². The van der Waals surface area contributed by atoms with Crippen LogP contribution in [0.5, 0.6) is 0 Å². The lowest BCUT2D eigenvalue weighted by molar-refractivity contribution is 0.0215. The normalized spacial score (nSPS) is 26.4. The molecule has 6 heteroatoms. The summed E-state index contributed by atoms with van der Waals surface area (Å²) in [4.78, 5) is 22.4. The molecule has 0 bridgehead atoms. The zero-order chi connectivity index (χ0) is 25.8. The van der Waals surface area contributed by atoms with Crippen molar-refractivity contribution < 1.29 is 9.53 Å². The van der Waals surface area contributed by atoms with E-state index >= 15 is 0 Å². The van der Waals surface area contributed by atoms with Crippen molar-refractivity contribution in [3.05, 3.63) is 71.8 Å². The summed E-state index contributed by atoms with van der Waals surface area (Å²) in [6.45, 7) is 15.1. The summed E-state index contributed by atoms with van der Waals surface area (Å²) in [6.07, 6.45) is 2.09. The molecule has 3 atom stereocenters. The van der Waals surface area contributed by atoms with Crippen LogP contribution in [0.3, 0.4) is 0 Å². The number of carbonyl (C=O) groups is 1. The molecule has 2 aromatic rings. The number of piperazine rings is 1. The molecule has 0 N–H and O–H groups in total. The second kappa shape index (κ2) is 11.5. The van der Waals surface area contributed by atoms with Crippen LogP contribution in [-0.4, -0.2) is 95.7 Å². The summed E-state index contributed by atoms with van der Waals surface area (Å²) in [5.74, 6) is 0.527.